The zero-order chi connectivity index (χ0) is 42.9. The number of methoxy groups -OCH3 is 2. The minimum Gasteiger partial charge on any atom is -0.508 e. The summed E-state index contributed by atoms with van der Waals surface area (Å²) < 4.78 is 24.9. The van der Waals surface area contributed by atoms with Crippen LogP contribution in [0.1, 0.15) is 78.5 Å². The van der Waals surface area contributed by atoms with E-state index in [0.29, 0.717) is 24.3 Å². The maximum Gasteiger partial charge on any atom is 0.302 e. The molecule has 4 aromatic carbocycles. The monoisotopic (exact) mass is 831 g/mol. The van der Waals surface area contributed by atoms with Gasteiger partial charge < -0.3 is 45.5 Å². The Kier molecular flexibility index (Phi) is 9.98. The number of phenols is 2. The normalized spacial score (nSPS) is 25.9. The molecule has 7 unspecified atom stereocenters. The van der Waals surface area contributed by atoms with E-state index in [9.17, 15) is 15.0 Å². The second-order valence-electron chi connectivity index (χ2n) is 17.7. The van der Waals surface area contributed by atoms with E-state index >= 15 is 0 Å². The van der Waals surface area contributed by atoms with Crippen molar-refractivity contribution in [2.75, 3.05) is 32.7 Å². The first-order chi connectivity index (χ1) is 30.1. The van der Waals surface area contributed by atoms with Crippen LogP contribution in [0.5, 0.6) is 28.7 Å². The van der Waals surface area contributed by atoms with Gasteiger partial charge in [-0.05, 0) is 126 Å². The number of allylic oxidation sites excluding steroid dienone is 5. The van der Waals surface area contributed by atoms with Crippen LogP contribution in [-0.4, -0.2) is 49.7 Å². The average molecular weight is 832 g/mol. The molecule has 6 N–H and O–H groups in total. The smallest absolute Gasteiger partial charge is 0.302 e. The summed E-state index contributed by atoms with van der Waals surface area (Å²) in [6.07, 6.45) is 10.3. The third-order valence-corrected chi connectivity index (χ3v) is 14.2. The predicted molar refractivity (Wildman–Crippen MR) is 238 cm³/mol. The summed E-state index contributed by atoms with van der Waals surface area (Å²) in [6, 6.07) is 20.1. The van der Waals surface area contributed by atoms with Gasteiger partial charge in [0.15, 0.2) is 11.5 Å². The number of carbonyl (C=O) groups is 1. The van der Waals surface area contributed by atoms with E-state index in [2.05, 4.69) is 84.0 Å². The van der Waals surface area contributed by atoms with E-state index in [1.54, 1.807) is 19.2 Å². The fourth-order valence-electron chi connectivity index (χ4n) is 11.8. The van der Waals surface area contributed by atoms with E-state index in [4.69, 9.17) is 24.7 Å². The number of hydrogen-bond donors (Lipinski definition) is 5. The van der Waals surface area contributed by atoms with Crippen LogP contribution < -0.4 is 30.6 Å². The summed E-state index contributed by atoms with van der Waals surface area (Å²) >= 11 is 0. The van der Waals surface area contributed by atoms with Gasteiger partial charge in [0.25, 0.3) is 0 Å². The molecule has 0 amide bonds. The highest BCUT2D eigenvalue weighted by Crippen LogP contribution is 2.64. The van der Waals surface area contributed by atoms with Gasteiger partial charge in [-0.2, -0.15) is 0 Å². The van der Waals surface area contributed by atoms with Gasteiger partial charge in [0.2, 0.25) is 0 Å². The number of nitrogens with one attached hydrogen (secondary N) is 2. The summed E-state index contributed by atoms with van der Waals surface area (Å²) in [4.78, 5) is 12.5. The Balaban J connectivity index is 1.23. The quantitative estimate of drug-likeness (QED) is 0.0870. The minimum absolute atomic E-state index is 0.00170. The van der Waals surface area contributed by atoms with Crippen LogP contribution in [0.25, 0.3) is 11.1 Å². The number of esters is 1. The van der Waals surface area contributed by atoms with E-state index in [-0.39, 0.29) is 53.2 Å². The molecule has 62 heavy (non-hydrogen) atoms. The molecule has 7 atom stereocenters. The Labute approximate surface area is 362 Å². The van der Waals surface area contributed by atoms with Crippen molar-refractivity contribution in [1.82, 2.24) is 5.32 Å². The molecule has 10 nitrogen and oxygen atoms in total. The maximum absolute atomic E-state index is 12.5. The van der Waals surface area contributed by atoms with Crippen LogP contribution in [0.4, 0.5) is 5.69 Å². The third kappa shape index (κ3) is 6.56. The Morgan fingerprint density at radius 3 is 2.69 bits per heavy atom. The van der Waals surface area contributed by atoms with Crippen LogP contribution in [-0.2, 0) is 34.2 Å². The van der Waals surface area contributed by atoms with Gasteiger partial charge in [-0.1, -0.05) is 48.4 Å². The molecule has 4 aromatic rings. The molecule has 0 saturated heterocycles. The summed E-state index contributed by atoms with van der Waals surface area (Å²) in [5.74, 6) is 8.73. The molecule has 0 aromatic heterocycles. The topological polar surface area (TPSA) is 145 Å². The molecular weight excluding hydrogens is 779 g/mol. The Bertz CT molecular complexity index is 2670. The van der Waals surface area contributed by atoms with Gasteiger partial charge in [0.05, 0.1) is 32.0 Å². The number of fused-ring (bicyclic) bond motifs is 7. The molecule has 1 saturated carbocycles. The zero-order valence-electron chi connectivity index (χ0n) is 35.6. The van der Waals surface area contributed by atoms with Crippen molar-refractivity contribution in [3.05, 3.63) is 129 Å². The summed E-state index contributed by atoms with van der Waals surface area (Å²) in [5, 5.41) is 29.5. The summed E-state index contributed by atoms with van der Waals surface area (Å²) in [7, 11) is 3.18. The standard InChI is InChI=1S/C52H53N3O7/c1-5-54-40-11-7-6-9-30(40)19-31-13-14-32-22-45(53)55-41-12-8-10-29-21-42(58)43(59-3)24-38(29)50-39(27-61-28(2)56)36-15-16-37-47-34(20-35(57)23-44(47)60-4)26-52(49(37)51(36)62-50)18-17-33(25-52)46(31)48(32)41/h6-7,9,11,13-16,20-24,31,33,39,45-46,50,54-55,57-58H,5,10,17-19,25-27,53H2,1-4H3. The highest BCUT2D eigenvalue weighted by Gasteiger charge is 2.53. The number of benzene rings is 4. The molecule has 3 aliphatic carbocycles. The maximum atomic E-state index is 12.5. The number of hydrogen-bond acceptors (Lipinski definition) is 10. The van der Waals surface area contributed by atoms with E-state index in [0.717, 1.165) is 93.9 Å². The molecule has 10 rings (SSSR count). The largest absolute Gasteiger partial charge is 0.508 e. The van der Waals surface area contributed by atoms with Crippen molar-refractivity contribution in [3.8, 4) is 51.7 Å². The van der Waals surface area contributed by atoms with Crippen LogP contribution >= 0.6 is 0 Å². The Morgan fingerprint density at radius 1 is 1.05 bits per heavy atom. The van der Waals surface area contributed by atoms with Gasteiger partial charge in [-0.25, -0.2) is 0 Å². The lowest BCUT2D eigenvalue weighted by Crippen LogP contribution is -2.42. The number of para-hydroxylation sites is 1. The lowest BCUT2D eigenvalue weighted by Gasteiger charge is -2.42. The Morgan fingerprint density at radius 2 is 1.89 bits per heavy atom. The zero-order valence-corrected chi connectivity index (χ0v) is 35.6. The molecule has 318 valence electrons. The number of phenolic OH excluding ortho intramolecular Hbond substituents is 2. The highest BCUT2D eigenvalue weighted by atomic mass is 16.5. The lowest BCUT2D eigenvalue weighted by atomic mass is 9.62. The van der Waals surface area contributed by atoms with Crippen molar-refractivity contribution in [3.63, 3.8) is 0 Å². The summed E-state index contributed by atoms with van der Waals surface area (Å²) in [6.45, 7) is 4.48. The molecular formula is C52H53N3O7. The molecule has 3 heterocycles. The number of aromatic hydroxyl groups is 2. The van der Waals surface area contributed by atoms with E-state index in [1.165, 1.54) is 25.2 Å². The van der Waals surface area contributed by atoms with Gasteiger partial charge in [0, 0.05) is 59.3 Å². The number of rotatable bonds is 8. The minimum atomic E-state index is -0.588. The fraction of sp³-hybridized carbons (Fsp3) is 0.365. The molecule has 3 aliphatic heterocycles. The predicted octanol–water partition coefficient (Wildman–Crippen LogP) is 8.26. The van der Waals surface area contributed by atoms with E-state index in [1.807, 2.05) is 12.1 Å². The molecule has 0 radical (unpaired) electrons. The number of carbonyl (C=O) groups excluding carboxylic acids is 1. The first-order valence-electron chi connectivity index (χ1n) is 21.8. The van der Waals surface area contributed by atoms with Gasteiger partial charge >= 0.3 is 5.97 Å². The lowest BCUT2D eigenvalue weighted by molar-refractivity contribution is -0.141. The van der Waals surface area contributed by atoms with Gasteiger partial charge in [-0.3, -0.25) is 4.79 Å². The van der Waals surface area contributed by atoms with Crippen molar-refractivity contribution < 1.29 is 34.0 Å². The van der Waals surface area contributed by atoms with Gasteiger partial charge in [-0.15, -0.1) is 0 Å². The average Bonchev–Trinajstić information content (AvgIpc) is 3.84. The van der Waals surface area contributed by atoms with Gasteiger partial charge in [0.1, 0.15) is 30.0 Å². The van der Waals surface area contributed by atoms with Crippen molar-refractivity contribution in [2.24, 2.45) is 23.5 Å². The molecule has 6 aliphatic rings. The third-order valence-electron chi connectivity index (χ3n) is 14.2. The van der Waals surface area contributed by atoms with Crippen LogP contribution in [0.15, 0.2) is 95.7 Å². The first kappa shape index (κ1) is 39.8. The number of anilines is 1. The highest BCUT2D eigenvalue weighted by molar-refractivity contribution is 5.84. The number of dihydropyridines is 1. The summed E-state index contributed by atoms with van der Waals surface area (Å²) in [5.41, 5.74) is 18.6. The van der Waals surface area contributed by atoms with Crippen molar-refractivity contribution in [2.45, 2.75) is 76.0 Å². The van der Waals surface area contributed by atoms with Crippen molar-refractivity contribution >= 4 is 11.7 Å². The van der Waals surface area contributed by atoms with Crippen LogP contribution in [0, 0.1) is 29.6 Å². The number of ether oxygens (including phenoxy) is 4. The number of nitrogens with two attached hydrogens (primary N) is 1. The second kappa shape index (κ2) is 15.5. The first-order valence-corrected chi connectivity index (χ1v) is 21.8. The molecule has 1 spiro atoms. The second-order valence-corrected chi connectivity index (χ2v) is 17.7. The van der Waals surface area contributed by atoms with Crippen LogP contribution in [0.3, 0.4) is 0 Å². The molecule has 4 bridgehead atoms. The SMILES string of the molecule is CCNc1ccccc1CC1C=CC2=CC(N)NC3=C2C1C1CCC2(Cc4cc(O)cc(OC)c4-c4ccc5c(c42)OC(c2cc(OC)c(O)cc2CC#C3)C5COC(C)=O)C1. The van der Waals surface area contributed by atoms with E-state index < -0.39 is 12.3 Å². The fourth-order valence-corrected chi connectivity index (χ4v) is 11.8. The molecule has 10 heteroatoms. The van der Waals surface area contributed by atoms with Crippen LogP contribution in [0.2, 0.25) is 0 Å². The Hall–Kier alpha value is -6.31. The molecule has 1 fully saturated rings. The van der Waals surface area contributed by atoms with Crippen molar-refractivity contribution in [1.29, 1.82) is 0 Å².